The minimum absolute atomic E-state index is 0.268. The molecule has 0 saturated heterocycles. The van der Waals surface area contributed by atoms with Gasteiger partial charge in [0.1, 0.15) is 5.69 Å². The molecule has 0 atom stereocenters. The maximum atomic E-state index is 5.46. The Hall–Kier alpha value is -3.08. The summed E-state index contributed by atoms with van der Waals surface area (Å²) in [7, 11) is 0. The summed E-state index contributed by atoms with van der Waals surface area (Å²) >= 11 is 0. The third-order valence-corrected chi connectivity index (χ3v) is 3.67. The van der Waals surface area contributed by atoms with E-state index in [1.54, 1.807) is 0 Å². The fourth-order valence-electron chi connectivity index (χ4n) is 2.62. The normalized spacial score (nSPS) is 12.9. The molecule has 2 aromatic heterocycles. The highest BCUT2D eigenvalue weighted by atomic mass is 16.7. The molecule has 3 heterocycles. The predicted octanol–water partition coefficient (Wildman–Crippen LogP) is 3.90. The van der Waals surface area contributed by atoms with E-state index in [0.29, 0.717) is 0 Å². The molecular formula is C18H15N3O2. The molecule has 0 fully saturated rings. The Kier molecular flexibility index (Phi) is 3.31. The average molecular weight is 305 g/mol. The zero-order chi connectivity index (χ0) is 15.6. The van der Waals surface area contributed by atoms with Gasteiger partial charge in [0.2, 0.25) is 6.79 Å². The lowest BCUT2D eigenvalue weighted by atomic mass is 10.0. The summed E-state index contributed by atoms with van der Waals surface area (Å²) in [6.07, 6.45) is 5.81. The SMILES string of the molecule is C/C=C\c1cccc(-c2n[nH]cc2-c2ccc3c(c2)OCO3)n1. The van der Waals surface area contributed by atoms with Gasteiger partial charge in [-0.05, 0) is 42.8 Å². The monoisotopic (exact) mass is 305 g/mol. The van der Waals surface area contributed by atoms with Crippen LogP contribution in [0.15, 0.2) is 48.7 Å². The Morgan fingerprint density at radius 2 is 2.04 bits per heavy atom. The predicted molar refractivity (Wildman–Crippen MR) is 88.1 cm³/mol. The van der Waals surface area contributed by atoms with Gasteiger partial charge in [-0.3, -0.25) is 5.10 Å². The summed E-state index contributed by atoms with van der Waals surface area (Å²) in [6, 6.07) is 11.8. The molecule has 0 spiro atoms. The molecule has 1 aliphatic heterocycles. The molecule has 1 aromatic carbocycles. The number of hydrogen-bond donors (Lipinski definition) is 1. The molecule has 0 saturated carbocycles. The molecule has 0 amide bonds. The third-order valence-electron chi connectivity index (χ3n) is 3.67. The largest absolute Gasteiger partial charge is 0.454 e. The van der Waals surface area contributed by atoms with Crippen LogP contribution in [0.5, 0.6) is 11.5 Å². The van der Waals surface area contributed by atoms with Crippen LogP contribution >= 0.6 is 0 Å². The van der Waals surface area contributed by atoms with E-state index in [-0.39, 0.29) is 6.79 Å². The number of hydrogen-bond acceptors (Lipinski definition) is 4. The van der Waals surface area contributed by atoms with Crippen molar-refractivity contribution >= 4 is 6.08 Å². The number of H-pyrrole nitrogens is 1. The summed E-state index contributed by atoms with van der Waals surface area (Å²) in [6.45, 7) is 2.24. The van der Waals surface area contributed by atoms with E-state index in [4.69, 9.17) is 9.47 Å². The number of aromatic amines is 1. The smallest absolute Gasteiger partial charge is 0.231 e. The Balaban J connectivity index is 1.78. The van der Waals surface area contributed by atoms with Gasteiger partial charge in [-0.1, -0.05) is 18.2 Å². The van der Waals surface area contributed by atoms with Gasteiger partial charge in [0.15, 0.2) is 11.5 Å². The summed E-state index contributed by atoms with van der Waals surface area (Å²) in [5, 5.41) is 7.31. The first kappa shape index (κ1) is 13.6. The summed E-state index contributed by atoms with van der Waals surface area (Å²) in [4.78, 5) is 4.64. The van der Waals surface area contributed by atoms with Crippen molar-refractivity contribution in [2.24, 2.45) is 0 Å². The maximum absolute atomic E-state index is 5.46. The van der Waals surface area contributed by atoms with Crippen LogP contribution in [0.25, 0.3) is 28.6 Å². The number of ether oxygens (including phenoxy) is 2. The lowest BCUT2D eigenvalue weighted by molar-refractivity contribution is 0.174. The Labute approximate surface area is 133 Å². The number of benzene rings is 1. The fourth-order valence-corrected chi connectivity index (χ4v) is 2.62. The second-order valence-electron chi connectivity index (χ2n) is 5.16. The van der Waals surface area contributed by atoms with E-state index in [0.717, 1.165) is 39.7 Å². The van der Waals surface area contributed by atoms with Crippen LogP contribution in [0, 0.1) is 0 Å². The van der Waals surface area contributed by atoms with Crippen LogP contribution in [-0.4, -0.2) is 22.0 Å². The summed E-state index contributed by atoms with van der Waals surface area (Å²) in [5.41, 5.74) is 4.54. The number of aromatic nitrogens is 3. The molecule has 5 heteroatoms. The van der Waals surface area contributed by atoms with Crippen LogP contribution in [0.1, 0.15) is 12.6 Å². The molecule has 0 bridgehead atoms. The number of nitrogens with zero attached hydrogens (tertiary/aromatic N) is 2. The maximum Gasteiger partial charge on any atom is 0.231 e. The van der Waals surface area contributed by atoms with Gasteiger partial charge in [0.25, 0.3) is 0 Å². The Morgan fingerprint density at radius 3 is 2.96 bits per heavy atom. The average Bonchev–Trinajstić information content (AvgIpc) is 3.24. The van der Waals surface area contributed by atoms with Crippen molar-refractivity contribution in [3.8, 4) is 34.0 Å². The van der Waals surface area contributed by atoms with E-state index in [1.165, 1.54) is 0 Å². The van der Waals surface area contributed by atoms with Crippen molar-refractivity contribution in [3.05, 3.63) is 54.4 Å². The Bertz CT molecular complexity index is 883. The van der Waals surface area contributed by atoms with Gasteiger partial charge in [-0.15, -0.1) is 0 Å². The zero-order valence-corrected chi connectivity index (χ0v) is 12.6. The summed E-state index contributed by atoms with van der Waals surface area (Å²) in [5.74, 6) is 1.53. The highest BCUT2D eigenvalue weighted by molar-refractivity contribution is 5.80. The van der Waals surface area contributed by atoms with E-state index < -0.39 is 0 Å². The lowest BCUT2D eigenvalue weighted by Crippen LogP contribution is -1.92. The van der Waals surface area contributed by atoms with Crippen LogP contribution in [0.2, 0.25) is 0 Å². The number of allylic oxidation sites excluding steroid dienone is 1. The molecule has 0 unspecified atom stereocenters. The third kappa shape index (κ3) is 2.46. The lowest BCUT2D eigenvalue weighted by Gasteiger charge is -2.04. The van der Waals surface area contributed by atoms with E-state index >= 15 is 0 Å². The topological polar surface area (TPSA) is 60.0 Å². The van der Waals surface area contributed by atoms with Gasteiger partial charge >= 0.3 is 0 Å². The first-order chi connectivity index (χ1) is 11.3. The molecule has 4 rings (SSSR count). The standard InChI is InChI=1S/C18H15N3O2/c1-2-4-13-5-3-6-15(20-13)18-14(10-19-21-18)12-7-8-16-17(9-12)23-11-22-16/h2-10H,11H2,1H3,(H,19,21)/b4-2-. The van der Waals surface area contributed by atoms with Gasteiger partial charge in [0, 0.05) is 11.8 Å². The minimum Gasteiger partial charge on any atom is -0.454 e. The van der Waals surface area contributed by atoms with Crippen molar-refractivity contribution in [2.75, 3.05) is 6.79 Å². The van der Waals surface area contributed by atoms with E-state index in [1.807, 2.05) is 61.7 Å². The molecule has 5 nitrogen and oxygen atoms in total. The molecule has 1 aliphatic rings. The van der Waals surface area contributed by atoms with Crippen LogP contribution < -0.4 is 9.47 Å². The molecule has 1 N–H and O–H groups in total. The second kappa shape index (κ2) is 5.61. The van der Waals surface area contributed by atoms with Crippen molar-refractivity contribution in [3.63, 3.8) is 0 Å². The second-order valence-corrected chi connectivity index (χ2v) is 5.16. The molecular weight excluding hydrogens is 290 g/mol. The Morgan fingerprint density at radius 1 is 1.13 bits per heavy atom. The molecule has 3 aromatic rings. The minimum atomic E-state index is 0.268. The van der Waals surface area contributed by atoms with Crippen molar-refractivity contribution in [2.45, 2.75) is 6.92 Å². The van der Waals surface area contributed by atoms with Crippen molar-refractivity contribution in [1.82, 2.24) is 15.2 Å². The van der Waals surface area contributed by atoms with E-state index in [9.17, 15) is 0 Å². The summed E-state index contributed by atoms with van der Waals surface area (Å²) < 4.78 is 10.8. The van der Waals surface area contributed by atoms with Gasteiger partial charge in [-0.25, -0.2) is 4.98 Å². The number of pyridine rings is 1. The molecule has 0 aliphatic carbocycles. The molecule has 23 heavy (non-hydrogen) atoms. The van der Waals surface area contributed by atoms with Crippen LogP contribution in [0.4, 0.5) is 0 Å². The van der Waals surface area contributed by atoms with Gasteiger partial charge < -0.3 is 9.47 Å². The first-order valence-corrected chi connectivity index (χ1v) is 7.39. The number of fused-ring (bicyclic) bond motifs is 1. The zero-order valence-electron chi connectivity index (χ0n) is 12.6. The van der Waals surface area contributed by atoms with Crippen molar-refractivity contribution in [1.29, 1.82) is 0 Å². The van der Waals surface area contributed by atoms with Gasteiger partial charge in [0.05, 0.1) is 11.4 Å². The quantitative estimate of drug-likeness (QED) is 0.797. The van der Waals surface area contributed by atoms with Gasteiger partial charge in [-0.2, -0.15) is 5.10 Å². The highest BCUT2D eigenvalue weighted by Crippen LogP contribution is 2.38. The van der Waals surface area contributed by atoms with Crippen molar-refractivity contribution < 1.29 is 9.47 Å². The number of rotatable bonds is 3. The van der Waals surface area contributed by atoms with Crippen LogP contribution in [-0.2, 0) is 0 Å². The molecule has 114 valence electrons. The van der Waals surface area contributed by atoms with E-state index in [2.05, 4.69) is 15.2 Å². The first-order valence-electron chi connectivity index (χ1n) is 7.39. The number of nitrogens with one attached hydrogen (secondary N) is 1. The fraction of sp³-hybridized carbons (Fsp3) is 0.111. The molecule has 0 radical (unpaired) electrons. The highest BCUT2D eigenvalue weighted by Gasteiger charge is 2.17. The van der Waals surface area contributed by atoms with Crippen LogP contribution in [0.3, 0.4) is 0 Å².